The van der Waals surface area contributed by atoms with Crippen LogP contribution in [0.5, 0.6) is 0 Å². The number of hydrogen-bond acceptors (Lipinski definition) is 3. The zero-order valence-corrected chi connectivity index (χ0v) is 29.2. The maximum Gasteiger partial charge on any atom is 0.0991 e. The second-order valence-electron chi connectivity index (χ2n) is 13.7. The quantitative estimate of drug-likeness (QED) is 0.169. The molecule has 0 fully saturated rings. The van der Waals surface area contributed by atoms with Crippen molar-refractivity contribution in [3.8, 4) is 62.0 Å². The molecule has 0 saturated carbocycles. The van der Waals surface area contributed by atoms with Gasteiger partial charge >= 0.3 is 0 Å². The molecule has 0 bridgehead atoms. The minimum Gasteiger partial charge on any atom is -0.244 e. The SMILES string of the molecule is N#Cc1ccc(-c2ccc(-c3ccc(-c4nc5ccccc5nc4-c4cccc(-c5cc6ccccc6c6ccccc56)c4)c4ccccc34)cc2)cc1. The van der Waals surface area contributed by atoms with Crippen LogP contribution in [0.15, 0.2) is 188 Å². The number of hydrogen-bond donors (Lipinski definition) is 0. The van der Waals surface area contributed by atoms with E-state index in [-0.39, 0.29) is 0 Å². The molecule has 0 saturated heterocycles. The molecule has 10 rings (SSSR count). The zero-order valence-electron chi connectivity index (χ0n) is 29.2. The molecule has 3 nitrogen and oxygen atoms in total. The second-order valence-corrected chi connectivity index (χ2v) is 13.7. The van der Waals surface area contributed by atoms with Gasteiger partial charge in [-0.3, -0.25) is 0 Å². The molecule has 0 amide bonds. The van der Waals surface area contributed by atoms with Gasteiger partial charge in [0, 0.05) is 11.1 Å². The van der Waals surface area contributed by atoms with E-state index in [1.807, 2.05) is 48.5 Å². The molecule has 0 atom stereocenters. The molecule has 0 N–H and O–H groups in total. The highest BCUT2D eigenvalue weighted by Gasteiger charge is 2.18. The number of benzene rings is 9. The molecule has 0 spiro atoms. The molecule has 0 aliphatic carbocycles. The number of nitriles is 1. The van der Waals surface area contributed by atoms with Gasteiger partial charge in [-0.05, 0) is 102 Å². The number of nitrogens with zero attached hydrogens (tertiary/aromatic N) is 3. The third kappa shape index (κ3) is 5.37. The van der Waals surface area contributed by atoms with Crippen LogP contribution in [-0.2, 0) is 0 Å². The smallest absolute Gasteiger partial charge is 0.0991 e. The van der Waals surface area contributed by atoms with E-state index in [2.05, 4.69) is 146 Å². The average Bonchev–Trinajstić information content (AvgIpc) is 3.25. The fourth-order valence-corrected chi connectivity index (χ4v) is 7.85. The van der Waals surface area contributed by atoms with Gasteiger partial charge in [-0.25, -0.2) is 9.97 Å². The molecule has 0 aliphatic heterocycles. The summed E-state index contributed by atoms with van der Waals surface area (Å²) in [5, 5.41) is 16.4. The number of aromatic nitrogens is 2. The molecule has 1 heterocycles. The Morgan fingerprint density at radius 2 is 0.852 bits per heavy atom. The Bertz CT molecular complexity index is 3100. The first-order valence-electron chi connectivity index (χ1n) is 18.1. The van der Waals surface area contributed by atoms with Crippen molar-refractivity contribution in [2.45, 2.75) is 0 Å². The van der Waals surface area contributed by atoms with Gasteiger partial charge in [0.05, 0.1) is 34.1 Å². The third-order valence-corrected chi connectivity index (χ3v) is 10.5. The fourth-order valence-electron chi connectivity index (χ4n) is 7.85. The van der Waals surface area contributed by atoms with E-state index < -0.39 is 0 Å². The number of para-hydroxylation sites is 2. The van der Waals surface area contributed by atoms with Gasteiger partial charge in [-0.2, -0.15) is 5.26 Å². The van der Waals surface area contributed by atoms with Crippen LogP contribution in [0.4, 0.5) is 0 Å². The lowest BCUT2D eigenvalue weighted by molar-refractivity contribution is 1.30. The van der Waals surface area contributed by atoms with Gasteiger partial charge in [0.2, 0.25) is 0 Å². The van der Waals surface area contributed by atoms with Gasteiger partial charge in [0.25, 0.3) is 0 Å². The van der Waals surface area contributed by atoms with Gasteiger partial charge < -0.3 is 0 Å². The van der Waals surface area contributed by atoms with Crippen LogP contribution >= 0.6 is 0 Å². The van der Waals surface area contributed by atoms with Crippen molar-refractivity contribution in [3.63, 3.8) is 0 Å². The predicted octanol–water partition coefficient (Wildman–Crippen LogP) is 13.3. The largest absolute Gasteiger partial charge is 0.244 e. The first-order chi connectivity index (χ1) is 26.7. The third-order valence-electron chi connectivity index (χ3n) is 10.5. The molecule has 1 aromatic heterocycles. The molecule has 0 unspecified atom stereocenters. The Kier molecular flexibility index (Phi) is 7.53. The van der Waals surface area contributed by atoms with E-state index in [1.54, 1.807) is 0 Å². The topological polar surface area (TPSA) is 49.6 Å². The van der Waals surface area contributed by atoms with Crippen LogP contribution in [0.25, 0.3) is 99.2 Å². The molecule has 3 heteroatoms. The minimum absolute atomic E-state index is 0.660. The Balaban J connectivity index is 1.13. The summed E-state index contributed by atoms with van der Waals surface area (Å²) in [5.41, 5.74) is 13.0. The summed E-state index contributed by atoms with van der Waals surface area (Å²) in [6.07, 6.45) is 0. The Morgan fingerprint density at radius 3 is 1.56 bits per heavy atom. The molecule has 250 valence electrons. The van der Waals surface area contributed by atoms with Crippen LogP contribution in [0.3, 0.4) is 0 Å². The van der Waals surface area contributed by atoms with Crippen LogP contribution in [0, 0.1) is 11.3 Å². The summed E-state index contributed by atoms with van der Waals surface area (Å²) >= 11 is 0. The average molecular weight is 686 g/mol. The highest BCUT2D eigenvalue weighted by molar-refractivity contribution is 6.14. The van der Waals surface area contributed by atoms with Gasteiger partial charge in [-0.15, -0.1) is 0 Å². The lowest BCUT2D eigenvalue weighted by Gasteiger charge is -2.16. The monoisotopic (exact) mass is 685 g/mol. The first kappa shape index (κ1) is 31.3. The zero-order chi connectivity index (χ0) is 36.0. The van der Waals surface area contributed by atoms with Crippen molar-refractivity contribution in [2.24, 2.45) is 0 Å². The second kappa shape index (κ2) is 13.0. The molecule has 9 aromatic carbocycles. The van der Waals surface area contributed by atoms with Crippen molar-refractivity contribution in [1.29, 1.82) is 5.26 Å². The standard InChI is InChI=1S/C51H31N3/c52-32-33-20-22-34(23-21-33)35-24-26-36(27-25-35)41-28-29-46(44-16-5-3-15-43(41)44)51-50(53-48-18-7-8-19-49(48)54-51)39-12-9-11-37(30-39)47-31-38-10-1-2-13-40(38)42-14-4-6-17-45(42)47/h1-31H. The first-order valence-corrected chi connectivity index (χ1v) is 18.1. The molecular weight excluding hydrogens is 655 g/mol. The van der Waals surface area contributed by atoms with Gasteiger partial charge in [-0.1, -0.05) is 152 Å². The Labute approximate surface area is 313 Å². The van der Waals surface area contributed by atoms with E-state index in [4.69, 9.17) is 9.97 Å². The summed E-state index contributed by atoms with van der Waals surface area (Å²) in [7, 11) is 0. The van der Waals surface area contributed by atoms with Crippen LogP contribution in [0.2, 0.25) is 0 Å². The summed E-state index contributed by atoms with van der Waals surface area (Å²) in [6.45, 7) is 0. The van der Waals surface area contributed by atoms with Crippen LogP contribution in [0.1, 0.15) is 5.56 Å². The summed E-state index contributed by atoms with van der Waals surface area (Å²) in [4.78, 5) is 10.7. The van der Waals surface area contributed by atoms with Crippen molar-refractivity contribution < 1.29 is 0 Å². The highest BCUT2D eigenvalue weighted by atomic mass is 14.8. The lowest BCUT2D eigenvalue weighted by Crippen LogP contribution is -1.97. The summed E-state index contributed by atoms with van der Waals surface area (Å²) in [5.74, 6) is 0. The Hall–Kier alpha value is -7.41. The normalized spacial score (nSPS) is 11.3. The predicted molar refractivity (Wildman–Crippen MR) is 224 cm³/mol. The molecule has 0 aliphatic rings. The van der Waals surface area contributed by atoms with Crippen molar-refractivity contribution >= 4 is 43.4 Å². The van der Waals surface area contributed by atoms with Crippen LogP contribution in [-0.4, -0.2) is 9.97 Å². The van der Waals surface area contributed by atoms with Crippen molar-refractivity contribution in [2.75, 3.05) is 0 Å². The maximum atomic E-state index is 9.22. The van der Waals surface area contributed by atoms with Gasteiger partial charge in [0.15, 0.2) is 0 Å². The number of fused-ring (bicyclic) bond motifs is 5. The maximum absolute atomic E-state index is 9.22. The van der Waals surface area contributed by atoms with E-state index in [9.17, 15) is 5.26 Å². The molecule has 0 radical (unpaired) electrons. The van der Waals surface area contributed by atoms with E-state index >= 15 is 0 Å². The molecule has 10 aromatic rings. The lowest BCUT2D eigenvalue weighted by atomic mass is 9.90. The summed E-state index contributed by atoms with van der Waals surface area (Å²) in [6, 6.07) is 68.1. The van der Waals surface area contributed by atoms with E-state index in [0.717, 1.165) is 72.1 Å². The molecule has 54 heavy (non-hydrogen) atoms. The van der Waals surface area contributed by atoms with E-state index in [1.165, 1.54) is 27.1 Å². The van der Waals surface area contributed by atoms with Crippen molar-refractivity contribution in [3.05, 3.63) is 194 Å². The van der Waals surface area contributed by atoms with E-state index in [0.29, 0.717) is 5.56 Å². The fraction of sp³-hybridized carbons (Fsp3) is 0. The van der Waals surface area contributed by atoms with Crippen molar-refractivity contribution in [1.82, 2.24) is 9.97 Å². The summed E-state index contributed by atoms with van der Waals surface area (Å²) < 4.78 is 0. The molecular formula is C51H31N3. The van der Waals surface area contributed by atoms with Crippen LogP contribution < -0.4 is 0 Å². The van der Waals surface area contributed by atoms with Gasteiger partial charge in [0.1, 0.15) is 0 Å². The number of rotatable bonds is 5. The highest BCUT2D eigenvalue weighted by Crippen LogP contribution is 2.41. The minimum atomic E-state index is 0.660. The Morgan fingerprint density at radius 1 is 0.333 bits per heavy atom.